The molecule has 0 aliphatic carbocycles. The van der Waals surface area contributed by atoms with E-state index >= 15 is 0 Å². The summed E-state index contributed by atoms with van der Waals surface area (Å²) in [4.78, 5) is 11.5. The third-order valence-electron chi connectivity index (χ3n) is 2.10. The normalized spacial score (nSPS) is 13.8. The van der Waals surface area contributed by atoms with Gasteiger partial charge in [0.15, 0.2) is 0 Å². The molecule has 0 aromatic rings. The molecule has 1 atom stereocenters. The molecule has 0 rings (SSSR count). The Balaban J connectivity index is 3.74. The summed E-state index contributed by atoms with van der Waals surface area (Å²) in [6, 6.07) is -0.475. The molecule has 0 bridgehead atoms. The molecule has 0 aromatic carbocycles. The van der Waals surface area contributed by atoms with Crippen LogP contribution in [0.1, 0.15) is 33.6 Å². The van der Waals surface area contributed by atoms with Gasteiger partial charge in [-0.05, 0) is 18.3 Å². The van der Waals surface area contributed by atoms with Gasteiger partial charge in [0.05, 0.1) is 6.04 Å². The number of hydrogen-bond acceptors (Lipinski definition) is 3. The molecule has 0 aliphatic heterocycles. The van der Waals surface area contributed by atoms with Crippen LogP contribution < -0.4 is 11.1 Å². The summed E-state index contributed by atoms with van der Waals surface area (Å²) < 4.78 is 0. The Labute approximate surface area is 85.9 Å². The van der Waals surface area contributed by atoms with Crippen molar-refractivity contribution >= 4 is 5.91 Å². The Hall–Kier alpha value is -0.610. The van der Waals surface area contributed by atoms with Crippen molar-refractivity contribution in [3.05, 3.63) is 0 Å². The Morgan fingerprint density at radius 2 is 2.00 bits per heavy atom. The van der Waals surface area contributed by atoms with E-state index < -0.39 is 6.04 Å². The molecule has 0 spiro atoms. The molecule has 0 radical (unpaired) electrons. The van der Waals surface area contributed by atoms with Crippen molar-refractivity contribution in [3.63, 3.8) is 0 Å². The Morgan fingerprint density at radius 1 is 1.43 bits per heavy atom. The van der Waals surface area contributed by atoms with E-state index in [-0.39, 0.29) is 17.9 Å². The predicted molar refractivity (Wildman–Crippen MR) is 56.8 cm³/mol. The van der Waals surface area contributed by atoms with Gasteiger partial charge >= 0.3 is 0 Å². The predicted octanol–water partition coefficient (Wildman–Crippen LogP) is 0.249. The van der Waals surface area contributed by atoms with E-state index in [0.29, 0.717) is 13.0 Å². The smallest absolute Gasteiger partial charge is 0.237 e. The molecule has 84 valence electrons. The van der Waals surface area contributed by atoms with Crippen molar-refractivity contribution in [1.29, 1.82) is 0 Å². The van der Waals surface area contributed by atoms with Crippen molar-refractivity contribution in [2.24, 2.45) is 11.1 Å². The monoisotopic (exact) mass is 202 g/mol. The van der Waals surface area contributed by atoms with Gasteiger partial charge in [0.2, 0.25) is 5.91 Å². The van der Waals surface area contributed by atoms with Crippen molar-refractivity contribution in [3.8, 4) is 0 Å². The molecular formula is C10H22N2O2. The summed E-state index contributed by atoms with van der Waals surface area (Å²) >= 11 is 0. The molecule has 0 saturated carbocycles. The lowest BCUT2D eigenvalue weighted by Gasteiger charge is -2.25. The number of carbonyl (C=O) groups excluding carboxylic acids is 1. The van der Waals surface area contributed by atoms with Gasteiger partial charge in [0, 0.05) is 13.2 Å². The number of rotatable bonds is 5. The van der Waals surface area contributed by atoms with E-state index in [9.17, 15) is 4.79 Å². The molecule has 0 fully saturated rings. The second-order valence-corrected chi connectivity index (χ2v) is 4.57. The van der Waals surface area contributed by atoms with Crippen LogP contribution in [0, 0.1) is 5.41 Å². The van der Waals surface area contributed by atoms with Crippen molar-refractivity contribution in [2.75, 3.05) is 13.2 Å². The Morgan fingerprint density at radius 3 is 2.43 bits per heavy atom. The average Bonchev–Trinajstić information content (AvgIpc) is 2.09. The highest BCUT2D eigenvalue weighted by Crippen LogP contribution is 2.16. The zero-order valence-electron chi connectivity index (χ0n) is 9.34. The van der Waals surface area contributed by atoms with Crippen LogP contribution in [0.2, 0.25) is 0 Å². The number of aliphatic hydroxyl groups excluding tert-OH is 1. The van der Waals surface area contributed by atoms with Gasteiger partial charge in [0.25, 0.3) is 0 Å². The number of carbonyl (C=O) groups is 1. The van der Waals surface area contributed by atoms with Crippen LogP contribution >= 0.6 is 0 Å². The first kappa shape index (κ1) is 13.4. The summed E-state index contributed by atoms with van der Waals surface area (Å²) in [6.45, 7) is 6.56. The molecule has 1 amide bonds. The maximum atomic E-state index is 11.5. The number of aliphatic hydroxyl groups is 1. The van der Waals surface area contributed by atoms with E-state index in [1.807, 2.05) is 20.8 Å². The number of nitrogens with two attached hydrogens (primary N) is 1. The number of unbranched alkanes of at least 4 members (excludes halogenated alkanes) is 1. The maximum Gasteiger partial charge on any atom is 0.237 e. The van der Waals surface area contributed by atoms with E-state index in [1.165, 1.54) is 0 Å². The maximum absolute atomic E-state index is 11.5. The molecular weight excluding hydrogens is 180 g/mol. The first-order valence-corrected chi connectivity index (χ1v) is 5.03. The summed E-state index contributed by atoms with van der Waals surface area (Å²) in [5, 5.41) is 11.3. The molecule has 1 unspecified atom stereocenters. The van der Waals surface area contributed by atoms with Gasteiger partial charge in [-0.25, -0.2) is 0 Å². The van der Waals surface area contributed by atoms with E-state index in [2.05, 4.69) is 5.32 Å². The highest BCUT2D eigenvalue weighted by molar-refractivity contribution is 5.82. The number of hydrogen-bond donors (Lipinski definition) is 3. The largest absolute Gasteiger partial charge is 0.396 e. The molecule has 0 heterocycles. The fourth-order valence-electron chi connectivity index (χ4n) is 0.952. The molecule has 4 heteroatoms. The summed E-state index contributed by atoms with van der Waals surface area (Å²) in [7, 11) is 0. The lowest BCUT2D eigenvalue weighted by atomic mass is 9.87. The molecule has 4 N–H and O–H groups in total. The molecule has 14 heavy (non-hydrogen) atoms. The summed E-state index contributed by atoms with van der Waals surface area (Å²) in [5.74, 6) is -0.115. The van der Waals surface area contributed by atoms with Gasteiger partial charge in [-0.1, -0.05) is 20.8 Å². The second-order valence-electron chi connectivity index (χ2n) is 4.57. The fraction of sp³-hybridized carbons (Fsp3) is 0.900. The third kappa shape index (κ3) is 5.19. The number of amides is 1. The van der Waals surface area contributed by atoms with Crippen molar-refractivity contribution in [1.82, 2.24) is 5.32 Å². The Kier molecular flexibility index (Phi) is 5.72. The second kappa shape index (κ2) is 5.98. The topological polar surface area (TPSA) is 75.4 Å². The highest BCUT2D eigenvalue weighted by atomic mass is 16.2. The molecule has 0 aliphatic rings. The average molecular weight is 202 g/mol. The zero-order chi connectivity index (χ0) is 11.2. The Bertz CT molecular complexity index is 175. The summed E-state index contributed by atoms with van der Waals surface area (Å²) in [6.07, 6.45) is 1.50. The van der Waals surface area contributed by atoms with Crippen molar-refractivity contribution in [2.45, 2.75) is 39.7 Å². The van der Waals surface area contributed by atoms with Gasteiger partial charge in [-0.15, -0.1) is 0 Å². The summed E-state index contributed by atoms with van der Waals surface area (Å²) in [5.41, 5.74) is 5.54. The standard InChI is InChI=1S/C10H22N2O2/c1-10(2,3)8(11)9(14)12-6-4-5-7-13/h8,13H,4-7,11H2,1-3H3,(H,12,14). The van der Waals surface area contributed by atoms with Crippen LogP contribution in [-0.4, -0.2) is 30.2 Å². The first-order chi connectivity index (χ1) is 6.39. The minimum atomic E-state index is -0.475. The quantitative estimate of drug-likeness (QED) is 0.559. The number of nitrogens with one attached hydrogen (secondary N) is 1. The van der Waals surface area contributed by atoms with Crippen LogP contribution in [0.25, 0.3) is 0 Å². The van der Waals surface area contributed by atoms with Gasteiger partial charge in [-0.2, -0.15) is 0 Å². The minimum absolute atomic E-state index is 0.115. The first-order valence-electron chi connectivity index (χ1n) is 5.03. The van der Waals surface area contributed by atoms with Gasteiger partial charge in [0.1, 0.15) is 0 Å². The van der Waals surface area contributed by atoms with Crippen LogP contribution in [0.4, 0.5) is 0 Å². The molecule has 0 aromatic heterocycles. The highest BCUT2D eigenvalue weighted by Gasteiger charge is 2.26. The van der Waals surface area contributed by atoms with Crippen LogP contribution in [0.3, 0.4) is 0 Å². The van der Waals surface area contributed by atoms with Crippen LogP contribution in [0.15, 0.2) is 0 Å². The SMILES string of the molecule is CC(C)(C)C(N)C(=O)NCCCCO. The van der Waals surface area contributed by atoms with E-state index in [4.69, 9.17) is 10.8 Å². The fourth-order valence-corrected chi connectivity index (χ4v) is 0.952. The molecule has 0 saturated heterocycles. The van der Waals surface area contributed by atoms with E-state index in [1.54, 1.807) is 0 Å². The van der Waals surface area contributed by atoms with Gasteiger partial charge < -0.3 is 16.2 Å². The van der Waals surface area contributed by atoms with Crippen LogP contribution in [0.5, 0.6) is 0 Å². The van der Waals surface area contributed by atoms with E-state index in [0.717, 1.165) is 6.42 Å². The van der Waals surface area contributed by atoms with Crippen molar-refractivity contribution < 1.29 is 9.90 Å². The lowest BCUT2D eigenvalue weighted by molar-refractivity contribution is -0.124. The lowest BCUT2D eigenvalue weighted by Crippen LogP contribution is -2.48. The third-order valence-corrected chi connectivity index (χ3v) is 2.10. The van der Waals surface area contributed by atoms with Crippen LogP contribution in [-0.2, 0) is 4.79 Å². The van der Waals surface area contributed by atoms with Gasteiger partial charge in [-0.3, -0.25) is 4.79 Å². The zero-order valence-corrected chi connectivity index (χ0v) is 9.34. The molecule has 4 nitrogen and oxygen atoms in total. The minimum Gasteiger partial charge on any atom is -0.396 e.